The first-order valence-electron chi connectivity index (χ1n) is 9.79. The van der Waals surface area contributed by atoms with Crippen LogP contribution in [-0.2, 0) is 25.6 Å². The lowest BCUT2D eigenvalue weighted by Gasteiger charge is -2.28. The SMILES string of the molecule is CC(N)C(=O)NC(CS)C(=O)NC(Cc1ccccc1)C(=O)N1CCCC1C(=O)O. The third-order valence-electron chi connectivity index (χ3n) is 4.95. The number of hydrogen-bond acceptors (Lipinski definition) is 6. The highest BCUT2D eigenvalue weighted by molar-refractivity contribution is 7.80. The Kier molecular flexibility index (Phi) is 8.67. The molecule has 0 spiro atoms. The molecule has 9 nitrogen and oxygen atoms in total. The largest absolute Gasteiger partial charge is 0.480 e. The first-order chi connectivity index (χ1) is 14.2. The third-order valence-corrected chi connectivity index (χ3v) is 5.31. The maximum atomic E-state index is 13.2. The Labute approximate surface area is 180 Å². The zero-order valence-corrected chi connectivity index (χ0v) is 17.7. The summed E-state index contributed by atoms with van der Waals surface area (Å²) in [6.45, 7) is 1.80. The van der Waals surface area contributed by atoms with Gasteiger partial charge in [0, 0.05) is 18.7 Å². The summed E-state index contributed by atoms with van der Waals surface area (Å²) in [5, 5.41) is 14.6. The van der Waals surface area contributed by atoms with Gasteiger partial charge in [0.05, 0.1) is 6.04 Å². The van der Waals surface area contributed by atoms with E-state index in [1.54, 1.807) is 0 Å². The predicted molar refractivity (Wildman–Crippen MR) is 114 cm³/mol. The Hall–Kier alpha value is -2.59. The number of nitrogens with zero attached hydrogens (tertiary/aromatic N) is 1. The normalized spacial score (nSPS) is 18.9. The minimum Gasteiger partial charge on any atom is -0.480 e. The number of rotatable bonds is 9. The topological polar surface area (TPSA) is 142 Å². The number of aliphatic carboxylic acids is 1. The number of nitrogens with two attached hydrogens (primary N) is 1. The van der Waals surface area contributed by atoms with Gasteiger partial charge in [-0.1, -0.05) is 30.3 Å². The average Bonchev–Trinajstić information content (AvgIpc) is 3.21. The van der Waals surface area contributed by atoms with Gasteiger partial charge in [-0.25, -0.2) is 4.79 Å². The smallest absolute Gasteiger partial charge is 0.326 e. The molecule has 164 valence electrons. The lowest BCUT2D eigenvalue weighted by atomic mass is 10.0. The standard InChI is InChI=1S/C20H28N4O5S/c1-12(21)17(25)23-15(11-30)18(26)22-14(10-13-6-3-2-4-7-13)19(27)24-9-5-8-16(24)20(28)29/h2-4,6-7,12,14-16,30H,5,8-11,21H2,1H3,(H,22,26)(H,23,25)(H,28,29). The van der Waals surface area contributed by atoms with Gasteiger partial charge in [0.1, 0.15) is 18.1 Å². The minimum atomic E-state index is -1.07. The van der Waals surface area contributed by atoms with Crippen molar-refractivity contribution in [1.29, 1.82) is 0 Å². The molecule has 4 unspecified atom stereocenters. The highest BCUT2D eigenvalue weighted by Gasteiger charge is 2.38. The number of carboxylic acid groups (broad SMARTS) is 1. The van der Waals surface area contributed by atoms with Crippen LogP contribution in [0.5, 0.6) is 0 Å². The third kappa shape index (κ3) is 6.20. The van der Waals surface area contributed by atoms with Gasteiger partial charge in [-0.05, 0) is 25.3 Å². The van der Waals surface area contributed by atoms with E-state index in [1.165, 1.54) is 11.8 Å². The van der Waals surface area contributed by atoms with E-state index in [-0.39, 0.29) is 12.2 Å². The van der Waals surface area contributed by atoms with E-state index in [0.717, 1.165) is 5.56 Å². The summed E-state index contributed by atoms with van der Waals surface area (Å²) in [6.07, 6.45) is 1.14. The number of benzene rings is 1. The second-order valence-corrected chi connectivity index (χ2v) is 7.68. The maximum absolute atomic E-state index is 13.2. The molecule has 0 aliphatic carbocycles. The van der Waals surface area contributed by atoms with Crippen LogP contribution in [0.3, 0.4) is 0 Å². The fourth-order valence-electron chi connectivity index (χ4n) is 3.31. The fourth-order valence-corrected chi connectivity index (χ4v) is 3.56. The second kappa shape index (κ2) is 11.0. The molecule has 1 fully saturated rings. The molecule has 0 aromatic heterocycles. The van der Waals surface area contributed by atoms with E-state index in [1.807, 2.05) is 30.3 Å². The molecule has 1 aliphatic rings. The molecular weight excluding hydrogens is 408 g/mol. The maximum Gasteiger partial charge on any atom is 0.326 e. The van der Waals surface area contributed by atoms with Crippen molar-refractivity contribution in [2.75, 3.05) is 12.3 Å². The van der Waals surface area contributed by atoms with E-state index in [0.29, 0.717) is 19.4 Å². The van der Waals surface area contributed by atoms with Gasteiger partial charge in [0.25, 0.3) is 0 Å². The van der Waals surface area contributed by atoms with Gasteiger partial charge >= 0.3 is 5.97 Å². The van der Waals surface area contributed by atoms with E-state index in [9.17, 15) is 24.3 Å². The fraction of sp³-hybridized carbons (Fsp3) is 0.500. The summed E-state index contributed by atoms with van der Waals surface area (Å²) in [7, 11) is 0. The van der Waals surface area contributed by atoms with Crippen molar-refractivity contribution in [1.82, 2.24) is 15.5 Å². The molecule has 30 heavy (non-hydrogen) atoms. The van der Waals surface area contributed by atoms with Gasteiger partial charge in [0.2, 0.25) is 17.7 Å². The highest BCUT2D eigenvalue weighted by Crippen LogP contribution is 2.19. The van der Waals surface area contributed by atoms with Crippen LogP contribution in [0.2, 0.25) is 0 Å². The van der Waals surface area contributed by atoms with Crippen molar-refractivity contribution in [2.45, 2.75) is 50.4 Å². The van der Waals surface area contributed by atoms with Crippen LogP contribution >= 0.6 is 12.6 Å². The zero-order chi connectivity index (χ0) is 22.3. The molecule has 0 saturated carbocycles. The van der Waals surface area contributed by atoms with Crippen LogP contribution in [0, 0.1) is 0 Å². The Morgan fingerprint density at radius 2 is 1.80 bits per heavy atom. The van der Waals surface area contributed by atoms with Crippen molar-refractivity contribution >= 4 is 36.3 Å². The number of carbonyl (C=O) groups excluding carboxylic acids is 3. The Bertz CT molecular complexity index is 774. The van der Waals surface area contributed by atoms with E-state index in [4.69, 9.17) is 5.73 Å². The second-order valence-electron chi connectivity index (χ2n) is 7.31. The van der Waals surface area contributed by atoms with E-state index < -0.39 is 47.9 Å². The summed E-state index contributed by atoms with van der Waals surface area (Å²) in [4.78, 5) is 50.6. The summed E-state index contributed by atoms with van der Waals surface area (Å²) in [5.41, 5.74) is 6.34. The molecule has 0 radical (unpaired) electrons. The number of amides is 3. The Balaban J connectivity index is 2.20. The van der Waals surface area contributed by atoms with Gasteiger partial charge < -0.3 is 26.4 Å². The summed E-state index contributed by atoms with van der Waals surface area (Å²) < 4.78 is 0. The highest BCUT2D eigenvalue weighted by atomic mass is 32.1. The summed E-state index contributed by atoms with van der Waals surface area (Å²) in [5.74, 6) is -2.62. The monoisotopic (exact) mass is 436 g/mol. The molecule has 0 bridgehead atoms. The van der Waals surface area contributed by atoms with Crippen LogP contribution in [0.15, 0.2) is 30.3 Å². The molecule has 4 atom stereocenters. The molecule has 2 rings (SSSR count). The number of hydrogen-bond donors (Lipinski definition) is 5. The quantitative estimate of drug-likeness (QED) is 0.332. The minimum absolute atomic E-state index is 0.0119. The van der Waals surface area contributed by atoms with Crippen molar-refractivity contribution in [3.63, 3.8) is 0 Å². The number of thiol groups is 1. The lowest BCUT2D eigenvalue weighted by Crippen LogP contribution is -2.58. The van der Waals surface area contributed by atoms with Crippen LogP contribution < -0.4 is 16.4 Å². The average molecular weight is 437 g/mol. The predicted octanol–water partition coefficient (Wildman–Crippen LogP) is -0.449. The molecule has 1 heterocycles. The molecule has 10 heteroatoms. The van der Waals surface area contributed by atoms with Crippen molar-refractivity contribution in [3.05, 3.63) is 35.9 Å². The van der Waals surface area contributed by atoms with E-state index >= 15 is 0 Å². The number of carbonyl (C=O) groups is 4. The van der Waals surface area contributed by atoms with Gasteiger partial charge in [-0.3, -0.25) is 14.4 Å². The Morgan fingerprint density at radius 1 is 1.17 bits per heavy atom. The van der Waals surface area contributed by atoms with Crippen LogP contribution in [0.1, 0.15) is 25.3 Å². The molecule has 1 aromatic rings. The summed E-state index contributed by atoms with van der Waals surface area (Å²) >= 11 is 4.11. The number of nitrogens with one attached hydrogen (secondary N) is 2. The van der Waals surface area contributed by atoms with E-state index in [2.05, 4.69) is 23.3 Å². The van der Waals surface area contributed by atoms with Crippen molar-refractivity contribution in [2.24, 2.45) is 5.73 Å². The van der Waals surface area contributed by atoms with Gasteiger partial charge in [-0.15, -0.1) is 0 Å². The first kappa shape index (κ1) is 23.7. The van der Waals surface area contributed by atoms with Crippen LogP contribution in [-0.4, -0.2) is 70.2 Å². The molecule has 1 saturated heterocycles. The zero-order valence-electron chi connectivity index (χ0n) is 16.8. The molecule has 1 aliphatic heterocycles. The van der Waals surface area contributed by atoms with Gasteiger partial charge in [-0.2, -0.15) is 12.6 Å². The molecule has 3 amide bonds. The molecular formula is C20H28N4O5S. The van der Waals surface area contributed by atoms with Crippen molar-refractivity contribution < 1.29 is 24.3 Å². The van der Waals surface area contributed by atoms with Crippen LogP contribution in [0.25, 0.3) is 0 Å². The first-order valence-corrected chi connectivity index (χ1v) is 10.4. The Morgan fingerprint density at radius 3 is 2.37 bits per heavy atom. The molecule has 5 N–H and O–H groups in total. The van der Waals surface area contributed by atoms with Crippen LogP contribution in [0.4, 0.5) is 0 Å². The number of likely N-dealkylation sites (tertiary alicyclic amines) is 1. The number of carboxylic acids is 1. The van der Waals surface area contributed by atoms with Crippen molar-refractivity contribution in [3.8, 4) is 0 Å². The molecule has 1 aromatic carbocycles. The summed E-state index contributed by atoms with van der Waals surface area (Å²) in [6, 6.07) is 5.43. The lowest BCUT2D eigenvalue weighted by molar-refractivity contribution is -0.149. The van der Waals surface area contributed by atoms with Gasteiger partial charge in [0.15, 0.2) is 0 Å².